The van der Waals surface area contributed by atoms with E-state index in [-0.39, 0.29) is 5.91 Å². The summed E-state index contributed by atoms with van der Waals surface area (Å²) < 4.78 is 0. The normalized spacial score (nSPS) is 10.2. The van der Waals surface area contributed by atoms with Crippen molar-refractivity contribution in [2.75, 3.05) is 12.3 Å². The number of hydrogen-bond donors (Lipinski definition) is 3. The molecule has 2 aromatic rings. The van der Waals surface area contributed by atoms with Crippen LogP contribution in [-0.4, -0.2) is 23.3 Å². The largest absolute Gasteiger partial charge is 0.361 e. The summed E-state index contributed by atoms with van der Waals surface area (Å²) in [5, 5.41) is 4.16. The number of benzene rings is 2. The van der Waals surface area contributed by atoms with Crippen LogP contribution < -0.4 is 16.2 Å². The minimum Gasteiger partial charge on any atom is -0.361 e. The third-order valence-electron chi connectivity index (χ3n) is 3.38. The summed E-state index contributed by atoms with van der Waals surface area (Å²) in [6.45, 7) is 2.76. The van der Waals surface area contributed by atoms with E-state index in [2.05, 4.69) is 23.1 Å². The molecule has 0 heterocycles. The average molecular weight is 394 g/mol. The Labute approximate surface area is 162 Å². The highest BCUT2D eigenvalue weighted by Gasteiger charge is 2.05. The van der Waals surface area contributed by atoms with Crippen LogP contribution in [0.15, 0.2) is 53.4 Å². The molecule has 0 bridgehead atoms. The van der Waals surface area contributed by atoms with Gasteiger partial charge in [0.15, 0.2) is 5.11 Å². The molecule has 7 heteroatoms. The molecule has 0 aliphatic heterocycles. The van der Waals surface area contributed by atoms with Gasteiger partial charge in [0.25, 0.3) is 5.91 Å². The molecule has 4 nitrogen and oxygen atoms in total. The molecule has 0 aliphatic rings. The zero-order chi connectivity index (χ0) is 18.1. The van der Waals surface area contributed by atoms with Crippen LogP contribution in [0.1, 0.15) is 22.8 Å². The molecule has 0 saturated carbocycles. The van der Waals surface area contributed by atoms with Crippen LogP contribution >= 0.6 is 35.6 Å². The number of amides is 1. The SMILES string of the molecule is CCc1ccc(C(=O)NNC(=S)NCCSc2ccc(Cl)cc2)cc1. The van der Waals surface area contributed by atoms with Gasteiger partial charge in [0.2, 0.25) is 0 Å². The monoisotopic (exact) mass is 393 g/mol. The minimum absolute atomic E-state index is 0.220. The highest BCUT2D eigenvalue weighted by atomic mass is 35.5. The fourth-order valence-electron chi connectivity index (χ4n) is 1.99. The highest BCUT2D eigenvalue weighted by Crippen LogP contribution is 2.19. The van der Waals surface area contributed by atoms with Crippen LogP contribution in [-0.2, 0) is 6.42 Å². The molecule has 0 unspecified atom stereocenters. The first-order valence-corrected chi connectivity index (χ1v) is 9.67. The topological polar surface area (TPSA) is 53.2 Å². The Bertz CT molecular complexity index is 705. The molecule has 2 rings (SSSR count). The van der Waals surface area contributed by atoms with E-state index in [1.165, 1.54) is 5.56 Å². The van der Waals surface area contributed by atoms with Crippen molar-refractivity contribution >= 4 is 46.6 Å². The van der Waals surface area contributed by atoms with Gasteiger partial charge in [0.1, 0.15) is 0 Å². The molecular weight excluding hydrogens is 374 g/mol. The number of carbonyl (C=O) groups excluding carboxylic acids is 1. The Balaban J connectivity index is 1.64. The van der Waals surface area contributed by atoms with Crippen molar-refractivity contribution in [1.29, 1.82) is 0 Å². The van der Waals surface area contributed by atoms with E-state index in [1.807, 2.05) is 36.4 Å². The fraction of sp³-hybridized carbons (Fsp3) is 0.222. The van der Waals surface area contributed by atoms with Crippen LogP contribution in [0.4, 0.5) is 0 Å². The van der Waals surface area contributed by atoms with Crippen LogP contribution in [0.5, 0.6) is 0 Å². The second-order valence-electron chi connectivity index (χ2n) is 5.19. The van der Waals surface area contributed by atoms with Gasteiger partial charge < -0.3 is 5.32 Å². The van der Waals surface area contributed by atoms with Crippen molar-refractivity contribution in [3.63, 3.8) is 0 Å². The molecule has 0 aromatic heterocycles. The summed E-state index contributed by atoms with van der Waals surface area (Å²) in [5.74, 6) is 0.623. The number of aryl methyl sites for hydroxylation is 1. The van der Waals surface area contributed by atoms with Crippen molar-refractivity contribution < 1.29 is 4.79 Å². The number of rotatable bonds is 6. The van der Waals surface area contributed by atoms with E-state index < -0.39 is 0 Å². The molecule has 0 aliphatic carbocycles. The minimum atomic E-state index is -0.220. The zero-order valence-corrected chi connectivity index (χ0v) is 16.2. The predicted octanol–water partition coefficient (Wildman–Crippen LogP) is 3.80. The maximum Gasteiger partial charge on any atom is 0.269 e. The van der Waals surface area contributed by atoms with Crippen molar-refractivity contribution in [3.8, 4) is 0 Å². The third-order valence-corrected chi connectivity index (χ3v) is 4.90. The number of carbonyl (C=O) groups is 1. The predicted molar refractivity (Wildman–Crippen MR) is 109 cm³/mol. The van der Waals surface area contributed by atoms with Gasteiger partial charge in [-0.3, -0.25) is 15.6 Å². The van der Waals surface area contributed by atoms with E-state index in [0.717, 1.165) is 22.1 Å². The van der Waals surface area contributed by atoms with E-state index in [4.69, 9.17) is 23.8 Å². The van der Waals surface area contributed by atoms with E-state index in [1.54, 1.807) is 23.9 Å². The molecular formula is C18H20ClN3OS2. The second kappa shape index (κ2) is 10.3. The number of halogens is 1. The van der Waals surface area contributed by atoms with Gasteiger partial charge in [0, 0.05) is 27.8 Å². The van der Waals surface area contributed by atoms with Crippen molar-refractivity contribution in [3.05, 3.63) is 64.7 Å². The van der Waals surface area contributed by atoms with Crippen LogP contribution in [0.3, 0.4) is 0 Å². The van der Waals surface area contributed by atoms with Gasteiger partial charge in [-0.15, -0.1) is 11.8 Å². The van der Waals surface area contributed by atoms with Gasteiger partial charge in [-0.05, 0) is 60.6 Å². The first kappa shape index (κ1) is 19.6. The molecule has 3 N–H and O–H groups in total. The van der Waals surface area contributed by atoms with Gasteiger partial charge in [0.05, 0.1) is 0 Å². The molecule has 0 radical (unpaired) electrons. The zero-order valence-electron chi connectivity index (χ0n) is 13.8. The lowest BCUT2D eigenvalue weighted by Gasteiger charge is -2.11. The van der Waals surface area contributed by atoms with Crippen LogP contribution in [0, 0.1) is 0 Å². The molecule has 2 aromatic carbocycles. The molecule has 0 saturated heterocycles. The summed E-state index contributed by atoms with van der Waals surface area (Å²) in [6, 6.07) is 15.2. The Kier molecular flexibility index (Phi) is 8.04. The molecule has 0 fully saturated rings. The molecule has 132 valence electrons. The van der Waals surface area contributed by atoms with Gasteiger partial charge >= 0.3 is 0 Å². The summed E-state index contributed by atoms with van der Waals surface area (Å²) in [6.07, 6.45) is 0.947. The summed E-state index contributed by atoms with van der Waals surface area (Å²) in [5.41, 5.74) is 7.08. The maximum absolute atomic E-state index is 12.0. The van der Waals surface area contributed by atoms with Gasteiger partial charge in [-0.25, -0.2) is 0 Å². The smallest absolute Gasteiger partial charge is 0.269 e. The first-order valence-electron chi connectivity index (χ1n) is 7.90. The number of hydrazine groups is 1. The fourth-order valence-corrected chi connectivity index (χ4v) is 3.03. The van der Waals surface area contributed by atoms with Gasteiger partial charge in [-0.1, -0.05) is 30.7 Å². The van der Waals surface area contributed by atoms with Crippen molar-refractivity contribution in [2.45, 2.75) is 18.2 Å². The van der Waals surface area contributed by atoms with E-state index in [0.29, 0.717) is 17.2 Å². The molecule has 0 spiro atoms. The van der Waals surface area contributed by atoms with E-state index in [9.17, 15) is 4.79 Å². The lowest BCUT2D eigenvalue weighted by molar-refractivity contribution is 0.0943. The van der Waals surface area contributed by atoms with E-state index >= 15 is 0 Å². The lowest BCUT2D eigenvalue weighted by atomic mass is 10.1. The first-order chi connectivity index (χ1) is 12.1. The third kappa shape index (κ3) is 6.94. The standard InChI is InChI=1S/C18H20ClN3OS2/c1-2-13-3-5-14(6-4-13)17(23)21-22-18(24)20-11-12-25-16-9-7-15(19)8-10-16/h3-10H,2,11-12H2,1H3,(H,21,23)(H2,20,22,24). The second-order valence-corrected chi connectivity index (χ2v) is 7.20. The maximum atomic E-state index is 12.0. The highest BCUT2D eigenvalue weighted by molar-refractivity contribution is 7.99. The quantitative estimate of drug-likeness (QED) is 0.301. The number of thioether (sulfide) groups is 1. The summed E-state index contributed by atoms with van der Waals surface area (Å²) in [4.78, 5) is 13.2. The molecule has 25 heavy (non-hydrogen) atoms. The summed E-state index contributed by atoms with van der Waals surface area (Å²) in [7, 11) is 0. The Morgan fingerprint density at radius 1 is 1.08 bits per heavy atom. The van der Waals surface area contributed by atoms with Crippen molar-refractivity contribution in [1.82, 2.24) is 16.2 Å². The van der Waals surface area contributed by atoms with Crippen LogP contribution in [0.25, 0.3) is 0 Å². The Hall–Kier alpha value is -1.76. The lowest BCUT2D eigenvalue weighted by Crippen LogP contribution is -2.47. The van der Waals surface area contributed by atoms with Crippen molar-refractivity contribution in [2.24, 2.45) is 0 Å². The molecule has 0 atom stereocenters. The number of thiocarbonyl (C=S) groups is 1. The Morgan fingerprint density at radius 3 is 2.40 bits per heavy atom. The number of nitrogens with one attached hydrogen (secondary N) is 3. The molecule has 1 amide bonds. The Morgan fingerprint density at radius 2 is 1.76 bits per heavy atom. The summed E-state index contributed by atoms with van der Waals surface area (Å²) >= 11 is 12.7. The van der Waals surface area contributed by atoms with Gasteiger partial charge in [-0.2, -0.15) is 0 Å². The number of hydrogen-bond acceptors (Lipinski definition) is 3. The van der Waals surface area contributed by atoms with Crippen LogP contribution in [0.2, 0.25) is 5.02 Å². The average Bonchev–Trinajstić information content (AvgIpc) is 2.64.